The van der Waals surface area contributed by atoms with E-state index in [9.17, 15) is 9.59 Å². The van der Waals surface area contributed by atoms with Crippen LogP contribution in [0.3, 0.4) is 0 Å². The van der Waals surface area contributed by atoms with Gasteiger partial charge in [-0.05, 0) is 71.4 Å². The second kappa shape index (κ2) is 10.1. The largest absolute Gasteiger partial charge is 0.496 e. The van der Waals surface area contributed by atoms with E-state index in [-0.39, 0.29) is 17.3 Å². The fraction of sp³-hybridized carbons (Fsp3) is 0.0800. The number of methoxy groups -OCH3 is 1. The minimum absolute atomic E-state index is 0.0228. The molecule has 0 aromatic heterocycles. The Balaban J connectivity index is 1.72. The average molecular weight is 606 g/mol. The van der Waals surface area contributed by atoms with Gasteiger partial charge in [0.1, 0.15) is 5.75 Å². The predicted molar refractivity (Wildman–Crippen MR) is 137 cm³/mol. The first kappa shape index (κ1) is 24.2. The van der Waals surface area contributed by atoms with Gasteiger partial charge in [-0.15, -0.1) is 0 Å². The highest BCUT2D eigenvalue weighted by Gasteiger charge is 2.27. The van der Waals surface area contributed by atoms with Crippen LogP contribution in [-0.4, -0.2) is 24.9 Å². The van der Waals surface area contributed by atoms with Crippen LogP contribution in [0.5, 0.6) is 11.5 Å². The minimum Gasteiger partial charge on any atom is -0.496 e. The number of benzene rings is 3. The van der Waals surface area contributed by atoms with Crippen LogP contribution in [0.2, 0.25) is 5.02 Å². The molecule has 0 unspecified atom stereocenters. The standard InChI is InChI=1S/C25H16Br2ClNO5/c1-13-3-5-14(6-4-13)24(30)33-22-15(9-16(26)11-19(22)27)10-20-25(31)34-23(29-20)18-12-17(28)7-8-21(18)32-2/h3-12H,1-2H3/b20-10-. The maximum Gasteiger partial charge on any atom is 0.363 e. The molecule has 0 N–H and O–H groups in total. The van der Waals surface area contributed by atoms with Crippen LogP contribution in [-0.2, 0) is 9.53 Å². The third-order valence-electron chi connectivity index (χ3n) is 4.82. The van der Waals surface area contributed by atoms with Crippen molar-refractivity contribution in [2.75, 3.05) is 7.11 Å². The number of aliphatic imine (C=N–C) groups is 1. The summed E-state index contributed by atoms with van der Waals surface area (Å²) in [4.78, 5) is 29.7. The van der Waals surface area contributed by atoms with Crippen molar-refractivity contribution in [2.24, 2.45) is 4.99 Å². The van der Waals surface area contributed by atoms with Crippen LogP contribution in [0.25, 0.3) is 6.08 Å². The van der Waals surface area contributed by atoms with E-state index in [1.807, 2.05) is 19.1 Å². The van der Waals surface area contributed by atoms with E-state index in [2.05, 4.69) is 36.9 Å². The molecule has 4 rings (SSSR count). The molecule has 172 valence electrons. The molecule has 3 aromatic rings. The summed E-state index contributed by atoms with van der Waals surface area (Å²) in [5, 5.41) is 0.438. The molecule has 1 aliphatic heterocycles. The number of esters is 2. The molecule has 0 bridgehead atoms. The fourth-order valence-electron chi connectivity index (χ4n) is 3.16. The van der Waals surface area contributed by atoms with Crippen molar-refractivity contribution in [1.82, 2.24) is 0 Å². The number of ether oxygens (including phenoxy) is 3. The van der Waals surface area contributed by atoms with Crippen molar-refractivity contribution < 1.29 is 23.8 Å². The molecule has 0 spiro atoms. The second-order valence-corrected chi connectivity index (χ2v) is 9.45. The highest BCUT2D eigenvalue weighted by molar-refractivity contribution is 9.11. The summed E-state index contributed by atoms with van der Waals surface area (Å²) in [5.41, 5.74) is 2.32. The Morgan fingerprint density at radius 2 is 1.82 bits per heavy atom. The van der Waals surface area contributed by atoms with Gasteiger partial charge in [-0.3, -0.25) is 0 Å². The maximum atomic E-state index is 12.7. The highest BCUT2D eigenvalue weighted by Crippen LogP contribution is 2.36. The van der Waals surface area contributed by atoms with Crippen LogP contribution >= 0.6 is 43.5 Å². The summed E-state index contributed by atoms with van der Waals surface area (Å²) in [7, 11) is 1.49. The van der Waals surface area contributed by atoms with E-state index in [1.165, 1.54) is 13.2 Å². The van der Waals surface area contributed by atoms with Gasteiger partial charge in [-0.2, -0.15) is 0 Å². The Labute approximate surface area is 217 Å². The van der Waals surface area contributed by atoms with Crippen molar-refractivity contribution >= 4 is 67.4 Å². The molecule has 1 heterocycles. The third-order valence-corrected chi connectivity index (χ3v) is 6.11. The van der Waals surface area contributed by atoms with Gasteiger partial charge in [0, 0.05) is 15.1 Å². The second-order valence-electron chi connectivity index (χ2n) is 7.24. The number of halogens is 3. The average Bonchev–Trinajstić information content (AvgIpc) is 3.16. The number of carbonyl (C=O) groups excluding carboxylic acids is 2. The predicted octanol–water partition coefficient (Wildman–Crippen LogP) is 6.75. The molecule has 0 fully saturated rings. The van der Waals surface area contributed by atoms with Gasteiger partial charge in [0.2, 0.25) is 5.90 Å². The zero-order chi connectivity index (χ0) is 24.4. The van der Waals surface area contributed by atoms with Crippen LogP contribution in [0.4, 0.5) is 0 Å². The van der Waals surface area contributed by atoms with E-state index < -0.39 is 11.9 Å². The van der Waals surface area contributed by atoms with Gasteiger partial charge >= 0.3 is 11.9 Å². The van der Waals surface area contributed by atoms with E-state index in [0.29, 0.717) is 36.4 Å². The van der Waals surface area contributed by atoms with Gasteiger partial charge in [0.15, 0.2) is 11.4 Å². The van der Waals surface area contributed by atoms with Crippen molar-refractivity contribution in [2.45, 2.75) is 6.92 Å². The lowest BCUT2D eigenvalue weighted by molar-refractivity contribution is -0.129. The lowest BCUT2D eigenvalue weighted by Gasteiger charge is -2.11. The fourth-order valence-corrected chi connectivity index (χ4v) is 4.67. The van der Waals surface area contributed by atoms with Crippen LogP contribution in [0.15, 0.2) is 74.2 Å². The molecule has 34 heavy (non-hydrogen) atoms. The Morgan fingerprint density at radius 3 is 2.53 bits per heavy atom. The highest BCUT2D eigenvalue weighted by atomic mass is 79.9. The normalized spacial score (nSPS) is 14.1. The zero-order valence-electron chi connectivity index (χ0n) is 17.9. The van der Waals surface area contributed by atoms with E-state index in [1.54, 1.807) is 42.5 Å². The van der Waals surface area contributed by atoms with Gasteiger partial charge in [-0.25, -0.2) is 14.6 Å². The molecule has 6 nitrogen and oxygen atoms in total. The number of rotatable bonds is 5. The lowest BCUT2D eigenvalue weighted by atomic mass is 10.1. The monoisotopic (exact) mass is 603 g/mol. The van der Waals surface area contributed by atoms with Crippen molar-refractivity contribution in [3.8, 4) is 11.5 Å². The summed E-state index contributed by atoms with van der Waals surface area (Å²) in [5.74, 6) is -0.454. The summed E-state index contributed by atoms with van der Waals surface area (Å²) in [6, 6.07) is 15.4. The first-order chi connectivity index (χ1) is 16.2. The summed E-state index contributed by atoms with van der Waals surface area (Å²) >= 11 is 12.9. The van der Waals surface area contributed by atoms with E-state index >= 15 is 0 Å². The number of hydrogen-bond donors (Lipinski definition) is 0. The Bertz CT molecular complexity index is 1370. The molecule has 1 aliphatic rings. The van der Waals surface area contributed by atoms with Gasteiger partial charge < -0.3 is 14.2 Å². The van der Waals surface area contributed by atoms with Crippen molar-refractivity contribution in [1.29, 1.82) is 0 Å². The Kier molecular flexibility index (Phi) is 7.21. The number of aryl methyl sites for hydroxylation is 1. The van der Waals surface area contributed by atoms with Crippen molar-refractivity contribution in [3.63, 3.8) is 0 Å². The summed E-state index contributed by atoms with van der Waals surface area (Å²) in [6.45, 7) is 1.93. The number of nitrogens with zero attached hydrogens (tertiary/aromatic N) is 1. The molecule has 9 heteroatoms. The van der Waals surface area contributed by atoms with Crippen LogP contribution < -0.4 is 9.47 Å². The number of carbonyl (C=O) groups is 2. The summed E-state index contributed by atoms with van der Waals surface area (Å²) in [6.07, 6.45) is 1.49. The van der Waals surface area contributed by atoms with Gasteiger partial charge in [0.05, 0.1) is 22.7 Å². The van der Waals surface area contributed by atoms with E-state index in [4.69, 9.17) is 25.8 Å². The first-order valence-electron chi connectivity index (χ1n) is 9.89. The molecule has 0 saturated heterocycles. The lowest BCUT2D eigenvalue weighted by Crippen LogP contribution is -2.10. The SMILES string of the molecule is COc1ccc(Cl)cc1C1=N/C(=C\c2cc(Br)cc(Br)c2OC(=O)c2ccc(C)cc2)C(=O)O1. The molecule has 0 amide bonds. The number of cyclic esters (lactones) is 1. The maximum absolute atomic E-state index is 12.7. The molecule has 3 aromatic carbocycles. The minimum atomic E-state index is -0.663. The molecule has 0 radical (unpaired) electrons. The van der Waals surface area contributed by atoms with Crippen LogP contribution in [0, 0.1) is 6.92 Å². The molecular formula is C25H16Br2ClNO5. The first-order valence-corrected chi connectivity index (χ1v) is 11.9. The molecule has 0 saturated carbocycles. The van der Waals surface area contributed by atoms with E-state index in [0.717, 1.165) is 5.56 Å². The zero-order valence-corrected chi connectivity index (χ0v) is 21.8. The van der Waals surface area contributed by atoms with Gasteiger partial charge in [-0.1, -0.05) is 45.2 Å². The molecule has 0 atom stereocenters. The summed E-state index contributed by atoms with van der Waals surface area (Å²) < 4.78 is 17.6. The quantitative estimate of drug-likeness (QED) is 0.183. The third kappa shape index (κ3) is 5.24. The Morgan fingerprint density at radius 1 is 1.09 bits per heavy atom. The van der Waals surface area contributed by atoms with Crippen molar-refractivity contribution in [3.05, 3.63) is 96.5 Å². The Hall–Kier alpha value is -2.94. The number of hydrogen-bond acceptors (Lipinski definition) is 6. The topological polar surface area (TPSA) is 74.2 Å². The smallest absolute Gasteiger partial charge is 0.363 e. The van der Waals surface area contributed by atoms with Gasteiger partial charge in [0.25, 0.3) is 0 Å². The van der Waals surface area contributed by atoms with Crippen LogP contribution in [0.1, 0.15) is 27.0 Å². The molecular weight excluding hydrogens is 590 g/mol. The molecule has 0 aliphatic carbocycles.